The molecule has 1 amide bonds. The van der Waals surface area contributed by atoms with E-state index < -0.39 is 4.92 Å². The lowest BCUT2D eigenvalue weighted by atomic mass is 10.1. The molecule has 0 aliphatic heterocycles. The largest absolute Gasteiger partial charge is 0.297 e. The minimum absolute atomic E-state index is 0.00857. The van der Waals surface area contributed by atoms with Crippen LogP contribution >= 0.6 is 23.1 Å². The lowest BCUT2D eigenvalue weighted by Gasteiger charge is -1.99. The van der Waals surface area contributed by atoms with E-state index in [9.17, 15) is 14.9 Å². The quantitative estimate of drug-likeness (QED) is 0.131. The van der Waals surface area contributed by atoms with Gasteiger partial charge in [0.05, 0.1) is 4.92 Å². The van der Waals surface area contributed by atoms with E-state index in [1.54, 1.807) is 30.0 Å². The van der Waals surface area contributed by atoms with Crippen LogP contribution in [0, 0.1) is 10.1 Å². The molecule has 0 aliphatic rings. The smallest absolute Gasteiger partial charge is 0.269 e. The average molecular weight is 427 g/mol. The molecule has 9 heteroatoms. The molecular formula is C20H18N4O3S2. The Kier molecular flexibility index (Phi) is 7.48. The van der Waals surface area contributed by atoms with E-state index >= 15 is 0 Å². The van der Waals surface area contributed by atoms with Crippen molar-refractivity contribution in [2.45, 2.75) is 17.2 Å². The Morgan fingerprint density at radius 1 is 1.14 bits per heavy atom. The third-order valence-electron chi connectivity index (χ3n) is 3.85. The van der Waals surface area contributed by atoms with E-state index in [1.807, 2.05) is 18.2 Å². The molecule has 0 aliphatic carbocycles. The summed E-state index contributed by atoms with van der Waals surface area (Å²) in [6.07, 6.45) is 4.99. The summed E-state index contributed by atoms with van der Waals surface area (Å²) in [6, 6.07) is 16.3. The summed E-state index contributed by atoms with van der Waals surface area (Å²) in [5.74, 6) is 0.595. The van der Waals surface area contributed by atoms with Gasteiger partial charge in [0.2, 0.25) is 11.0 Å². The second-order valence-corrected chi connectivity index (χ2v) is 8.30. The van der Waals surface area contributed by atoms with Crippen molar-refractivity contribution < 1.29 is 9.72 Å². The number of carbonyl (C=O) groups is 1. The lowest BCUT2D eigenvalue weighted by Crippen LogP contribution is -2.07. The molecular weight excluding hydrogens is 408 g/mol. The number of carbonyl (C=O) groups excluding carboxylic acids is 1. The third kappa shape index (κ3) is 6.81. The maximum atomic E-state index is 12.0. The number of thioether (sulfide) groups is 1. The fraction of sp³-hybridized carbons (Fsp3) is 0.150. The van der Waals surface area contributed by atoms with Gasteiger partial charge in [0, 0.05) is 24.0 Å². The molecule has 3 rings (SSSR count). The maximum absolute atomic E-state index is 12.0. The minimum Gasteiger partial charge on any atom is -0.297 e. The predicted octanol–water partition coefficient (Wildman–Crippen LogP) is 4.82. The molecule has 0 spiro atoms. The zero-order valence-corrected chi connectivity index (χ0v) is 17.0. The zero-order chi connectivity index (χ0) is 20.5. The standard InChI is InChI=1S/C20H18N4O3S2/c25-18(13-10-16-8-11-17(12-9-16)24(26)27)21-19-22-23-20(29-19)28-14-4-7-15-5-2-1-3-6-15/h1-3,5-6,8-13H,4,7,14H2,(H,21,22,25)/b13-10+. The van der Waals surface area contributed by atoms with Gasteiger partial charge in [-0.05, 0) is 42.2 Å². The molecule has 0 saturated heterocycles. The first-order chi connectivity index (χ1) is 14.1. The minimum atomic E-state index is -0.465. The Bertz CT molecular complexity index is 988. The molecule has 29 heavy (non-hydrogen) atoms. The molecule has 2 aromatic carbocycles. The van der Waals surface area contributed by atoms with Crippen molar-refractivity contribution in [2.75, 3.05) is 11.1 Å². The number of anilines is 1. The molecule has 0 fully saturated rings. The first-order valence-electron chi connectivity index (χ1n) is 8.84. The van der Waals surface area contributed by atoms with Gasteiger partial charge in [0.15, 0.2) is 4.34 Å². The number of rotatable bonds is 9. The highest BCUT2D eigenvalue weighted by molar-refractivity contribution is 8.01. The molecule has 1 N–H and O–H groups in total. The van der Waals surface area contributed by atoms with E-state index in [4.69, 9.17) is 0 Å². The van der Waals surface area contributed by atoms with Gasteiger partial charge >= 0.3 is 0 Å². The highest BCUT2D eigenvalue weighted by Crippen LogP contribution is 2.26. The van der Waals surface area contributed by atoms with Crippen LogP contribution in [0.3, 0.4) is 0 Å². The molecule has 0 radical (unpaired) electrons. The summed E-state index contributed by atoms with van der Waals surface area (Å²) in [5, 5.41) is 21.8. The molecule has 3 aromatic rings. The first kappa shape index (κ1) is 20.7. The van der Waals surface area contributed by atoms with E-state index in [-0.39, 0.29) is 11.6 Å². The second kappa shape index (κ2) is 10.5. The van der Waals surface area contributed by atoms with Crippen LogP contribution in [0.1, 0.15) is 17.5 Å². The number of non-ortho nitro benzene ring substituents is 1. The normalized spacial score (nSPS) is 10.9. The lowest BCUT2D eigenvalue weighted by molar-refractivity contribution is -0.384. The summed E-state index contributed by atoms with van der Waals surface area (Å²) < 4.78 is 0.813. The summed E-state index contributed by atoms with van der Waals surface area (Å²) >= 11 is 2.96. The molecule has 1 aromatic heterocycles. The molecule has 0 atom stereocenters. The summed E-state index contributed by atoms with van der Waals surface area (Å²) in [4.78, 5) is 22.2. The Balaban J connectivity index is 1.42. The van der Waals surface area contributed by atoms with Crippen molar-refractivity contribution in [1.82, 2.24) is 10.2 Å². The maximum Gasteiger partial charge on any atom is 0.269 e. The number of aryl methyl sites for hydroxylation is 1. The van der Waals surface area contributed by atoms with Gasteiger partial charge in [-0.2, -0.15) is 0 Å². The van der Waals surface area contributed by atoms with Crippen LogP contribution < -0.4 is 5.32 Å². The number of nitrogens with zero attached hydrogens (tertiary/aromatic N) is 3. The zero-order valence-electron chi connectivity index (χ0n) is 15.4. The van der Waals surface area contributed by atoms with Crippen LogP contribution in [0.15, 0.2) is 65.0 Å². The van der Waals surface area contributed by atoms with E-state index in [0.29, 0.717) is 10.7 Å². The van der Waals surface area contributed by atoms with Gasteiger partial charge in [-0.25, -0.2) is 0 Å². The Morgan fingerprint density at radius 2 is 1.90 bits per heavy atom. The Hall–Kier alpha value is -3.04. The third-order valence-corrected chi connectivity index (χ3v) is 5.90. The predicted molar refractivity (Wildman–Crippen MR) is 116 cm³/mol. The van der Waals surface area contributed by atoms with Crippen LogP contribution in [0.25, 0.3) is 6.08 Å². The van der Waals surface area contributed by atoms with Crippen molar-refractivity contribution in [3.05, 3.63) is 81.9 Å². The van der Waals surface area contributed by atoms with Crippen molar-refractivity contribution in [3.63, 3.8) is 0 Å². The Labute approximate surface area is 176 Å². The molecule has 148 valence electrons. The molecule has 1 heterocycles. The fourth-order valence-electron chi connectivity index (χ4n) is 2.43. The van der Waals surface area contributed by atoms with Crippen LogP contribution in [-0.2, 0) is 11.2 Å². The first-order valence-corrected chi connectivity index (χ1v) is 10.6. The van der Waals surface area contributed by atoms with E-state index in [2.05, 4.69) is 27.6 Å². The highest BCUT2D eigenvalue weighted by Gasteiger charge is 2.07. The number of hydrogen-bond acceptors (Lipinski definition) is 7. The van der Waals surface area contributed by atoms with Gasteiger partial charge in [-0.15, -0.1) is 10.2 Å². The summed E-state index contributed by atoms with van der Waals surface area (Å²) in [5.41, 5.74) is 2.02. The topological polar surface area (TPSA) is 98.0 Å². The molecule has 7 nitrogen and oxygen atoms in total. The number of nitro benzene ring substituents is 1. The van der Waals surface area contributed by atoms with Crippen LogP contribution in [-0.4, -0.2) is 26.8 Å². The van der Waals surface area contributed by atoms with Gasteiger partial charge in [0.25, 0.3) is 5.69 Å². The van der Waals surface area contributed by atoms with Gasteiger partial charge < -0.3 is 0 Å². The van der Waals surface area contributed by atoms with E-state index in [0.717, 1.165) is 22.9 Å². The number of amides is 1. The second-order valence-electron chi connectivity index (χ2n) is 5.98. The highest BCUT2D eigenvalue weighted by atomic mass is 32.2. The SMILES string of the molecule is O=C(/C=C/c1ccc([N+](=O)[O-])cc1)Nc1nnc(SCCCc2ccccc2)s1. The number of benzene rings is 2. The van der Waals surface area contributed by atoms with Gasteiger partial charge in [-0.3, -0.25) is 20.2 Å². The molecule has 0 unspecified atom stereocenters. The number of hydrogen-bond donors (Lipinski definition) is 1. The van der Waals surface area contributed by atoms with Crippen molar-refractivity contribution in [1.29, 1.82) is 0 Å². The van der Waals surface area contributed by atoms with Crippen molar-refractivity contribution >= 4 is 45.9 Å². The van der Waals surface area contributed by atoms with Gasteiger partial charge in [-0.1, -0.05) is 53.4 Å². The number of nitro groups is 1. The van der Waals surface area contributed by atoms with E-state index in [1.165, 1.54) is 35.1 Å². The molecule has 0 saturated carbocycles. The monoisotopic (exact) mass is 426 g/mol. The Morgan fingerprint density at radius 3 is 2.62 bits per heavy atom. The fourth-order valence-corrected chi connectivity index (χ4v) is 4.19. The van der Waals surface area contributed by atoms with Crippen LogP contribution in [0.2, 0.25) is 0 Å². The number of aromatic nitrogens is 2. The van der Waals surface area contributed by atoms with Crippen molar-refractivity contribution in [2.24, 2.45) is 0 Å². The number of nitrogens with one attached hydrogen (secondary N) is 1. The summed E-state index contributed by atoms with van der Waals surface area (Å²) in [7, 11) is 0. The van der Waals surface area contributed by atoms with Crippen molar-refractivity contribution in [3.8, 4) is 0 Å². The van der Waals surface area contributed by atoms with Crippen LogP contribution in [0.4, 0.5) is 10.8 Å². The van der Waals surface area contributed by atoms with Crippen LogP contribution in [0.5, 0.6) is 0 Å². The summed E-state index contributed by atoms with van der Waals surface area (Å²) in [6.45, 7) is 0. The van der Waals surface area contributed by atoms with Gasteiger partial charge in [0.1, 0.15) is 0 Å². The molecule has 0 bridgehead atoms. The average Bonchev–Trinajstić information content (AvgIpc) is 3.18.